The smallest absolute Gasteiger partial charge is 0.0576 e. The molecule has 0 spiro atoms. The van der Waals surface area contributed by atoms with Crippen LogP contribution in [0.5, 0.6) is 0 Å². The largest absolute Gasteiger partial charge is 0.378 e. The molecule has 2 fully saturated rings. The number of hydrogen-bond donors (Lipinski definition) is 1. The van der Waals surface area contributed by atoms with E-state index in [9.17, 15) is 0 Å². The summed E-state index contributed by atoms with van der Waals surface area (Å²) in [6.07, 6.45) is 9.07. The molecule has 0 bridgehead atoms. The van der Waals surface area contributed by atoms with Crippen molar-refractivity contribution >= 4 is 0 Å². The van der Waals surface area contributed by atoms with E-state index in [1.165, 1.54) is 51.7 Å². The molecule has 1 aliphatic carbocycles. The van der Waals surface area contributed by atoms with Crippen LogP contribution in [0.1, 0.15) is 51.9 Å². The van der Waals surface area contributed by atoms with Crippen molar-refractivity contribution in [2.75, 3.05) is 26.2 Å². The second kappa shape index (κ2) is 7.46. The lowest BCUT2D eigenvalue weighted by molar-refractivity contribution is 0.0193. The van der Waals surface area contributed by atoms with E-state index in [-0.39, 0.29) is 0 Å². The fraction of sp³-hybridized carbons (Fsp3) is 1.00. The maximum absolute atomic E-state index is 5.96. The van der Waals surface area contributed by atoms with Crippen LogP contribution < -0.4 is 5.73 Å². The first-order chi connectivity index (χ1) is 8.74. The highest BCUT2D eigenvalue weighted by atomic mass is 16.5. The summed E-state index contributed by atoms with van der Waals surface area (Å²) in [5, 5.41) is 0. The van der Waals surface area contributed by atoms with Crippen LogP contribution in [0.4, 0.5) is 0 Å². The van der Waals surface area contributed by atoms with E-state index in [0.29, 0.717) is 12.1 Å². The molecule has 1 saturated carbocycles. The molecule has 0 atom stereocenters. The van der Waals surface area contributed by atoms with Gasteiger partial charge in [-0.2, -0.15) is 0 Å². The van der Waals surface area contributed by atoms with Gasteiger partial charge in [-0.1, -0.05) is 6.92 Å². The lowest BCUT2D eigenvalue weighted by atomic mass is 9.94. The van der Waals surface area contributed by atoms with Crippen molar-refractivity contribution in [2.45, 2.75) is 64.0 Å². The molecule has 0 amide bonds. The summed E-state index contributed by atoms with van der Waals surface area (Å²) in [5.74, 6) is 0.934. The molecule has 1 heterocycles. The number of likely N-dealkylation sites (tertiary alicyclic amines) is 1. The van der Waals surface area contributed by atoms with Gasteiger partial charge in [0.15, 0.2) is 0 Å². The highest BCUT2D eigenvalue weighted by molar-refractivity contribution is 4.74. The van der Waals surface area contributed by atoms with Crippen molar-refractivity contribution < 1.29 is 4.74 Å². The molecule has 2 aliphatic rings. The fourth-order valence-electron chi connectivity index (χ4n) is 3.08. The summed E-state index contributed by atoms with van der Waals surface area (Å²) in [7, 11) is 0. The van der Waals surface area contributed by atoms with Crippen molar-refractivity contribution in [2.24, 2.45) is 11.7 Å². The Hall–Kier alpha value is -0.120. The third-order valence-electron chi connectivity index (χ3n) is 4.57. The Labute approximate surface area is 112 Å². The number of hydrogen-bond acceptors (Lipinski definition) is 3. The molecule has 18 heavy (non-hydrogen) atoms. The van der Waals surface area contributed by atoms with Crippen molar-refractivity contribution in [1.82, 2.24) is 4.90 Å². The Bertz CT molecular complexity index is 195. The molecule has 0 radical (unpaired) electrons. The fourth-order valence-corrected chi connectivity index (χ4v) is 3.08. The Morgan fingerprint density at radius 1 is 1.06 bits per heavy atom. The van der Waals surface area contributed by atoms with Gasteiger partial charge < -0.3 is 15.4 Å². The quantitative estimate of drug-likeness (QED) is 0.766. The van der Waals surface area contributed by atoms with Gasteiger partial charge in [-0.05, 0) is 64.0 Å². The molecule has 2 N–H and O–H groups in total. The zero-order valence-corrected chi connectivity index (χ0v) is 11.9. The Kier molecular flexibility index (Phi) is 5.93. The molecule has 0 unspecified atom stereocenters. The van der Waals surface area contributed by atoms with Gasteiger partial charge in [-0.25, -0.2) is 0 Å². The third kappa shape index (κ3) is 4.87. The maximum Gasteiger partial charge on any atom is 0.0576 e. The average molecular weight is 254 g/mol. The minimum Gasteiger partial charge on any atom is -0.378 e. The number of ether oxygens (including phenoxy) is 1. The summed E-state index contributed by atoms with van der Waals surface area (Å²) in [4.78, 5) is 2.60. The number of nitrogens with zero attached hydrogens (tertiary/aromatic N) is 1. The highest BCUT2D eigenvalue weighted by Gasteiger charge is 2.19. The topological polar surface area (TPSA) is 38.5 Å². The van der Waals surface area contributed by atoms with Crippen molar-refractivity contribution in [3.05, 3.63) is 0 Å². The van der Waals surface area contributed by atoms with Gasteiger partial charge in [0.25, 0.3) is 0 Å². The van der Waals surface area contributed by atoms with E-state index in [1.54, 1.807) is 0 Å². The first-order valence-electron chi connectivity index (χ1n) is 7.83. The minimum atomic E-state index is 0.431. The molecule has 0 aromatic heterocycles. The van der Waals surface area contributed by atoms with E-state index in [4.69, 9.17) is 10.5 Å². The van der Waals surface area contributed by atoms with E-state index >= 15 is 0 Å². The molecular formula is C15H30N2O. The van der Waals surface area contributed by atoms with Gasteiger partial charge in [0, 0.05) is 19.2 Å². The summed E-state index contributed by atoms with van der Waals surface area (Å²) >= 11 is 0. The number of rotatable bonds is 5. The van der Waals surface area contributed by atoms with Gasteiger partial charge in [0.05, 0.1) is 6.10 Å². The van der Waals surface area contributed by atoms with Crippen LogP contribution in [-0.2, 0) is 4.74 Å². The molecule has 106 valence electrons. The van der Waals surface area contributed by atoms with Crippen molar-refractivity contribution in [1.29, 1.82) is 0 Å². The lowest BCUT2D eigenvalue weighted by Gasteiger charge is -2.30. The third-order valence-corrected chi connectivity index (χ3v) is 4.57. The molecule has 1 aliphatic heterocycles. The SMILES string of the molecule is CC1CCN(CCCOC2CCC(N)CC2)CC1. The van der Waals surface area contributed by atoms with Crippen LogP contribution in [-0.4, -0.2) is 43.3 Å². The van der Waals surface area contributed by atoms with Crippen LogP contribution in [0, 0.1) is 5.92 Å². The Balaban J connectivity index is 1.48. The lowest BCUT2D eigenvalue weighted by Crippen LogP contribution is -2.34. The average Bonchev–Trinajstić information content (AvgIpc) is 2.39. The second-order valence-electron chi connectivity index (χ2n) is 6.29. The number of piperidine rings is 1. The van der Waals surface area contributed by atoms with Gasteiger partial charge in [0.1, 0.15) is 0 Å². The molecule has 3 nitrogen and oxygen atoms in total. The molecule has 3 heteroatoms. The standard InChI is InChI=1S/C15H30N2O/c1-13-7-10-17(11-8-13)9-2-12-18-15-5-3-14(16)4-6-15/h13-15H,2-12,16H2,1H3. The normalized spacial score (nSPS) is 31.7. The van der Waals surface area contributed by atoms with Gasteiger partial charge in [0.2, 0.25) is 0 Å². The predicted octanol–water partition coefficient (Wildman–Crippen LogP) is 2.39. The predicted molar refractivity (Wildman–Crippen MR) is 75.6 cm³/mol. The zero-order chi connectivity index (χ0) is 12.8. The van der Waals surface area contributed by atoms with Gasteiger partial charge in [-0.3, -0.25) is 0 Å². The first-order valence-corrected chi connectivity index (χ1v) is 7.83. The molecule has 1 saturated heterocycles. The van der Waals surface area contributed by atoms with E-state index in [2.05, 4.69) is 11.8 Å². The number of nitrogens with two attached hydrogens (primary N) is 1. The van der Waals surface area contributed by atoms with Gasteiger partial charge >= 0.3 is 0 Å². The van der Waals surface area contributed by atoms with Crippen molar-refractivity contribution in [3.63, 3.8) is 0 Å². The zero-order valence-electron chi connectivity index (χ0n) is 11.9. The molecule has 0 aromatic rings. The summed E-state index contributed by atoms with van der Waals surface area (Å²) in [6, 6.07) is 0.431. The van der Waals surface area contributed by atoms with Gasteiger partial charge in [-0.15, -0.1) is 0 Å². The molecule has 0 aromatic carbocycles. The minimum absolute atomic E-state index is 0.431. The van der Waals surface area contributed by atoms with Crippen LogP contribution >= 0.6 is 0 Å². The molecular weight excluding hydrogens is 224 g/mol. The van der Waals surface area contributed by atoms with E-state index < -0.39 is 0 Å². The van der Waals surface area contributed by atoms with Crippen LogP contribution in [0.25, 0.3) is 0 Å². The van der Waals surface area contributed by atoms with E-state index in [0.717, 1.165) is 25.4 Å². The monoisotopic (exact) mass is 254 g/mol. The first kappa shape index (κ1) is 14.3. The highest BCUT2D eigenvalue weighted by Crippen LogP contribution is 2.20. The second-order valence-corrected chi connectivity index (χ2v) is 6.29. The molecule has 2 rings (SSSR count). The maximum atomic E-state index is 5.96. The van der Waals surface area contributed by atoms with Crippen LogP contribution in [0.15, 0.2) is 0 Å². The summed E-state index contributed by atoms with van der Waals surface area (Å²) in [6.45, 7) is 7.11. The summed E-state index contributed by atoms with van der Waals surface area (Å²) in [5.41, 5.74) is 5.90. The Morgan fingerprint density at radius 3 is 2.39 bits per heavy atom. The van der Waals surface area contributed by atoms with Crippen molar-refractivity contribution in [3.8, 4) is 0 Å². The van der Waals surface area contributed by atoms with E-state index in [1.807, 2.05) is 0 Å². The van der Waals surface area contributed by atoms with Crippen LogP contribution in [0.3, 0.4) is 0 Å². The van der Waals surface area contributed by atoms with Crippen LogP contribution in [0.2, 0.25) is 0 Å². The Morgan fingerprint density at radius 2 is 1.72 bits per heavy atom. The summed E-state index contributed by atoms with van der Waals surface area (Å²) < 4.78 is 5.96.